The van der Waals surface area contributed by atoms with Crippen molar-refractivity contribution in [3.05, 3.63) is 71.2 Å². The molecule has 4 heterocycles. The zero-order chi connectivity index (χ0) is 19.3. The zero-order valence-corrected chi connectivity index (χ0v) is 15.8. The first-order valence-electron chi connectivity index (χ1n) is 9.26. The second-order valence-corrected chi connectivity index (χ2v) is 7.96. The van der Waals surface area contributed by atoms with Crippen LogP contribution in [-0.4, -0.2) is 35.0 Å². The topological polar surface area (TPSA) is 71.8 Å². The van der Waals surface area contributed by atoms with Gasteiger partial charge in [0, 0.05) is 11.6 Å². The molecule has 3 aliphatic rings. The Labute approximate surface area is 167 Å². The number of ether oxygens (including phenoxy) is 1. The molecule has 2 aromatic rings. The minimum Gasteiger partial charge on any atom is -0.467 e. The lowest BCUT2D eigenvalue weighted by Gasteiger charge is -2.23. The van der Waals surface area contributed by atoms with Crippen LogP contribution in [0.2, 0.25) is 5.02 Å². The van der Waals surface area contributed by atoms with E-state index in [0.29, 0.717) is 30.4 Å². The third-order valence-corrected chi connectivity index (χ3v) is 6.00. The average Bonchev–Trinajstić information content (AvgIpc) is 3.43. The maximum Gasteiger partial charge on any atom is 0.230 e. The Bertz CT molecular complexity index is 957. The molecule has 2 bridgehead atoms. The van der Waals surface area contributed by atoms with Crippen molar-refractivity contribution < 1.29 is 18.7 Å². The summed E-state index contributed by atoms with van der Waals surface area (Å²) < 4.78 is 11.5. The van der Waals surface area contributed by atoms with Gasteiger partial charge in [0.1, 0.15) is 11.4 Å². The monoisotopic (exact) mass is 398 g/mol. The lowest BCUT2D eigenvalue weighted by Crippen LogP contribution is -2.43. The summed E-state index contributed by atoms with van der Waals surface area (Å²) >= 11 is 6.00. The molecule has 0 unspecified atom stereocenters. The van der Waals surface area contributed by atoms with E-state index >= 15 is 0 Å². The molecule has 0 aliphatic carbocycles. The lowest BCUT2D eigenvalue weighted by atomic mass is 9.77. The van der Waals surface area contributed by atoms with Crippen molar-refractivity contribution in [1.82, 2.24) is 10.2 Å². The SMILES string of the molecule is O=C(NCc1cccc(Cl)c1)[C@H]1[C@H]2C=C[C@@]3(CN(Cc4ccco4)C(=O)[C@@H]13)O2. The molecule has 2 fully saturated rings. The molecule has 3 aliphatic heterocycles. The highest BCUT2D eigenvalue weighted by Crippen LogP contribution is 2.52. The Morgan fingerprint density at radius 2 is 2.21 bits per heavy atom. The Morgan fingerprint density at radius 3 is 3.00 bits per heavy atom. The van der Waals surface area contributed by atoms with Gasteiger partial charge in [-0.3, -0.25) is 9.59 Å². The summed E-state index contributed by atoms with van der Waals surface area (Å²) in [6.07, 6.45) is 5.08. The zero-order valence-electron chi connectivity index (χ0n) is 15.0. The number of furan rings is 1. The minimum atomic E-state index is -0.716. The molecule has 1 N–H and O–H groups in total. The summed E-state index contributed by atoms with van der Waals surface area (Å²) in [6.45, 7) is 1.17. The maximum atomic E-state index is 13.1. The smallest absolute Gasteiger partial charge is 0.230 e. The van der Waals surface area contributed by atoms with Crippen molar-refractivity contribution >= 4 is 23.4 Å². The Balaban J connectivity index is 1.32. The highest BCUT2D eigenvalue weighted by atomic mass is 35.5. The third kappa shape index (κ3) is 2.75. The summed E-state index contributed by atoms with van der Waals surface area (Å²) in [5.41, 5.74) is 0.194. The number of amides is 2. The Kier molecular flexibility index (Phi) is 4.07. The highest BCUT2D eigenvalue weighted by molar-refractivity contribution is 6.30. The van der Waals surface area contributed by atoms with E-state index in [4.69, 9.17) is 20.8 Å². The van der Waals surface area contributed by atoms with Crippen LogP contribution in [0.1, 0.15) is 11.3 Å². The first-order chi connectivity index (χ1) is 13.6. The van der Waals surface area contributed by atoms with E-state index < -0.39 is 17.4 Å². The fourth-order valence-corrected chi connectivity index (χ4v) is 4.77. The number of fused-ring (bicyclic) bond motifs is 1. The summed E-state index contributed by atoms with van der Waals surface area (Å²) in [5, 5.41) is 3.56. The quantitative estimate of drug-likeness (QED) is 0.785. The van der Waals surface area contributed by atoms with Crippen molar-refractivity contribution in [2.45, 2.75) is 24.8 Å². The highest BCUT2D eigenvalue weighted by Gasteiger charge is 2.66. The molecule has 28 heavy (non-hydrogen) atoms. The van der Waals surface area contributed by atoms with Gasteiger partial charge in [-0.2, -0.15) is 0 Å². The van der Waals surface area contributed by atoms with Crippen LogP contribution in [0.25, 0.3) is 0 Å². The van der Waals surface area contributed by atoms with Gasteiger partial charge in [-0.15, -0.1) is 0 Å². The van der Waals surface area contributed by atoms with Gasteiger partial charge >= 0.3 is 0 Å². The van der Waals surface area contributed by atoms with E-state index in [9.17, 15) is 9.59 Å². The molecule has 0 saturated carbocycles. The van der Waals surface area contributed by atoms with E-state index in [-0.39, 0.29) is 17.9 Å². The van der Waals surface area contributed by atoms with Gasteiger partial charge < -0.3 is 19.4 Å². The van der Waals surface area contributed by atoms with Crippen LogP contribution in [0.3, 0.4) is 0 Å². The van der Waals surface area contributed by atoms with Gasteiger partial charge in [0.2, 0.25) is 11.8 Å². The van der Waals surface area contributed by atoms with E-state index in [2.05, 4.69) is 5.32 Å². The number of carbonyl (C=O) groups excluding carboxylic acids is 2. The fourth-order valence-electron chi connectivity index (χ4n) is 4.56. The van der Waals surface area contributed by atoms with Crippen LogP contribution in [0.15, 0.2) is 59.2 Å². The van der Waals surface area contributed by atoms with E-state index in [1.54, 1.807) is 23.3 Å². The fraction of sp³-hybridized carbons (Fsp3) is 0.333. The van der Waals surface area contributed by atoms with E-state index in [0.717, 1.165) is 5.56 Å². The van der Waals surface area contributed by atoms with Crippen molar-refractivity contribution in [3.63, 3.8) is 0 Å². The maximum absolute atomic E-state index is 13.1. The normalized spacial score (nSPS) is 30.1. The molecular weight excluding hydrogens is 380 g/mol. The number of hydrogen-bond donors (Lipinski definition) is 1. The molecule has 1 aromatic carbocycles. The molecule has 6 nitrogen and oxygen atoms in total. The standard InChI is InChI=1S/C21H19ClN2O4/c22-14-4-1-3-13(9-14)10-23-19(25)17-16-6-7-21(28-16)12-24(20(26)18(17)21)11-15-5-2-8-27-15/h1-9,16-18H,10-12H2,(H,23,25)/t16-,17+,18-,21+/m1/s1. The van der Waals surface area contributed by atoms with Crippen LogP contribution in [-0.2, 0) is 27.4 Å². The molecule has 4 atom stereocenters. The molecular formula is C21H19ClN2O4. The van der Waals surface area contributed by atoms with Gasteiger partial charge in [0.25, 0.3) is 0 Å². The predicted molar refractivity (Wildman–Crippen MR) is 101 cm³/mol. The molecule has 144 valence electrons. The van der Waals surface area contributed by atoms with Gasteiger partial charge in [-0.25, -0.2) is 0 Å². The molecule has 7 heteroatoms. The lowest BCUT2D eigenvalue weighted by molar-refractivity contribution is -0.138. The number of likely N-dealkylation sites (tertiary alicyclic amines) is 1. The van der Waals surface area contributed by atoms with Crippen molar-refractivity contribution in [2.24, 2.45) is 11.8 Å². The molecule has 1 spiro atoms. The first-order valence-corrected chi connectivity index (χ1v) is 9.64. The minimum absolute atomic E-state index is 0.0637. The van der Waals surface area contributed by atoms with Gasteiger partial charge in [-0.05, 0) is 29.8 Å². The van der Waals surface area contributed by atoms with Crippen molar-refractivity contribution in [3.8, 4) is 0 Å². The number of nitrogens with zero attached hydrogens (tertiary/aromatic N) is 1. The molecule has 1 aromatic heterocycles. The summed E-state index contributed by atoms with van der Waals surface area (Å²) in [6, 6.07) is 11.0. The summed E-state index contributed by atoms with van der Waals surface area (Å²) in [4.78, 5) is 27.8. The van der Waals surface area contributed by atoms with Gasteiger partial charge in [-0.1, -0.05) is 35.9 Å². The summed E-state index contributed by atoms with van der Waals surface area (Å²) in [7, 11) is 0. The van der Waals surface area contributed by atoms with Crippen LogP contribution in [0.4, 0.5) is 0 Å². The number of halogens is 1. The number of rotatable bonds is 5. The van der Waals surface area contributed by atoms with Crippen LogP contribution >= 0.6 is 11.6 Å². The largest absolute Gasteiger partial charge is 0.467 e. The van der Waals surface area contributed by atoms with E-state index in [1.807, 2.05) is 36.4 Å². The second-order valence-electron chi connectivity index (χ2n) is 7.52. The second kappa shape index (κ2) is 6.50. The van der Waals surface area contributed by atoms with Crippen LogP contribution < -0.4 is 5.32 Å². The molecule has 2 amide bonds. The average molecular weight is 399 g/mol. The number of nitrogens with one attached hydrogen (secondary N) is 1. The molecule has 2 saturated heterocycles. The number of benzene rings is 1. The Morgan fingerprint density at radius 1 is 1.32 bits per heavy atom. The third-order valence-electron chi connectivity index (χ3n) is 5.76. The number of carbonyl (C=O) groups is 2. The predicted octanol–water partition coefficient (Wildman–Crippen LogP) is 2.53. The molecule has 0 radical (unpaired) electrons. The van der Waals surface area contributed by atoms with Crippen molar-refractivity contribution in [2.75, 3.05) is 6.54 Å². The van der Waals surface area contributed by atoms with Gasteiger partial charge in [0.05, 0.1) is 37.3 Å². The van der Waals surface area contributed by atoms with Gasteiger partial charge in [0.15, 0.2) is 0 Å². The first kappa shape index (κ1) is 17.5. The van der Waals surface area contributed by atoms with Crippen LogP contribution in [0, 0.1) is 11.8 Å². The summed E-state index contributed by atoms with van der Waals surface area (Å²) in [5.74, 6) is -0.555. The number of hydrogen-bond acceptors (Lipinski definition) is 4. The van der Waals surface area contributed by atoms with Crippen LogP contribution in [0.5, 0.6) is 0 Å². The van der Waals surface area contributed by atoms with Crippen molar-refractivity contribution in [1.29, 1.82) is 0 Å². The van der Waals surface area contributed by atoms with E-state index in [1.165, 1.54) is 0 Å². The Hall–Kier alpha value is -2.57. The molecule has 5 rings (SSSR count).